The predicted octanol–water partition coefficient (Wildman–Crippen LogP) is 2.09. The first kappa shape index (κ1) is 11.3. The Balaban J connectivity index is 2.30. The average Bonchev–Trinajstić information content (AvgIpc) is 2.78. The number of aromatic nitrogens is 3. The molecule has 1 N–H and O–H groups in total. The summed E-state index contributed by atoms with van der Waals surface area (Å²) in [6.07, 6.45) is 1.23. The zero-order chi connectivity index (χ0) is 12.4. The van der Waals surface area contributed by atoms with E-state index in [0.717, 1.165) is 5.69 Å². The van der Waals surface area contributed by atoms with E-state index in [1.54, 1.807) is 0 Å². The summed E-state index contributed by atoms with van der Waals surface area (Å²) in [6, 6.07) is 7.73. The van der Waals surface area contributed by atoms with Crippen LogP contribution in [0.1, 0.15) is 35.8 Å². The first-order valence-electron chi connectivity index (χ1n) is 5.34. The Morgan fingerprint density at radius 1 is 1.29 bits per heavy atom. The molecule has 88 valence electrons. The standard InChI is InChI=1S/C12H13N3O2/c1-8(2)9-3-5-10(6-4-9)15-13-7-11(14-15)12(16)17/h3-8H,1-2H3,(H,16,17). The van der Waals surface area contributed by atoms with Crippen molar-refractivity contribution in [3.05, 3.63) is 41.7 Å². The quantitative estimate of drug-likeness (QED) is 0.878. The Hall–Kier alpha value is -2.17. The Bertz CT molecular complexity index is 529. The van der Waals surface area contributed by atoms with E-state index in [2.05, 4.69) is 24.0 Å². The van der Waals surface area contributed by atoms with Crippen molar-refractivity contribution in [1.82, 2.24) is 15.0 Å². The van der Waals surface area contributed by atoms with Crippen LogP contribution in [0.15, 0.2) is 30.5 Å². The van der Waals surface area contributed by atoms with Crippen molar-refractivity contribution >= 4 is 5.97 Å². The van der Waals surface area contributed by atoms with Crippen LogP contribution in [0.5, 0.6) is 0 Å². The molecule has 0 bridgehead atoms. The minimum atomic E-state index is -1.07. The largest absolute Gasteiger partial charge is 0.476 e. The molecule has 0 aliphatic carbocycles. The second-order valence-corrected chi connectivity index (χ2v) is 4.07. The van der Waals surface area contributed by atoms with Crippen molar-refractivity contribution in [2.24, 2.45) is 0 Å². The molecule has 1 heterocycles. The third kappa shape index (κ3) is 2.33. The lowest BCUT2D eigenvalue weighted by Gasteiger charge is -2.05. The molecular formula is C12H13N3O2. The van der Waals surface area contributed by atoms with E-state index in [4.69, 9.17) is 5.11 Å². The number of aromatic carboxylic acids is 1. The highest BCUT2D eigenvalue weighted by Gasteiger charge is 2.09. The van der Waals surface area contributed by atoms with Crippen molar-refractivity contribution in [2.75, 3.05) is 0 Å². The molecule has 1 aromatic carbocycles. The minimum absolute atomic E-state index is 0.0575. The van der Waals surface area contributed by atoms with Crippen LogP contribution >= 0.6 is 0 Å². The highest BCUT2D eigenvalue weighted by atomic mass is 16.4. The topological polar surface area (TPSA) is 68.0 Å². The minimum Gasteiger partial charge on any atom is -0.476 e. The molecule has 0 radical (unpaired) electrons. The number of hydrogen-bond donors (Lipinski definition) is 1. The van der Waals surface area contributed by atoms with Gasteiger partial charge in [0, 0.05) is 0 Å². The molecule has 0 saturated carbocycles. The Kier molecular flexibility index (Phi) is 2.91. The SMILES string of the molecule is CC(C)c1ccc(-n2ncc(C(=O)O)n2)cc1. The molecular weight excluding hydrogens is 218 g/mol. The molecule has 0 aliphatic rings. The summed E-state index contributed by atoms with van der Waals surface area (Å²) < 4.78 is 0. The van der Waals surface area contributed by atoms with Crippen LogP contribution in [0.2, 0.25) is 0 Å². The lowest BCUT2D eigenvalue weighted by molar-refractivity contribution is 0.0690. The van der Waals surface area contributed by atoms with Crippen LogP contribution in [0.4, 0.5) is 0 Å². The van der Waals surface area contributed by atoms with Crippen molar-refractivity contribution in [1.29, 1.82) is 0 Å². The Labute approximate surface area is 98.7 Å². The van der Waals surface area contributed by atoms with Crippen LogP contribution in [0.3, 0.4) is 0 Å². The van der Waals surface area contributed by atoms with Gasteiger partial charge in [0.15, 0.2) is 5.69 Å². The molecule has 0 aliphatic heterocycles. The van der Waals surface area contributed by atoms with E-state index >= 15 is 0 Å². The Morgan fingerprint density at radius 2 is 1.94 bits per heavy atom. The van der Waals surface area contributed by atoms with Crippen LogP contribution in [-0.4, -0.2) is 26.1 Å². The number of rotatable bonds is 3. The maximum atomic E-state index is 10.7. The van der Waals surface area contributed by atoms with Gasteiger partial charge in [0.25, 0.3) is 0 Å². The van der Waals surface area contributed by atoms with Gasteiger partial charge in [-0.3, -0.25) is 0 Å². The van der Waals surface area contributed by atoms with Gasteiger partial charge in [-0.1, -0.05) is 26.0 Å². The summed E-state index contributed by atoms with van der Waals surface area (Å²) in [5.74, 6) is -0.612. The van der Waals surface area contributed by atoms with Gasteiger partial charge in [0.2, 0.25) is 0 Å². The predicted molar refractivity (Wildman–Crippen MR) is 62.4 cm³/mol. The zero-order valence-electron chi connectivity index (χ0n) is 9.66. The van der Waals surface area contributed by atoms with Gasteiger partial charge in [-0.05, 0) is 23.6 Å². The number of carboxylic acids is 1. The van der Waals surface area contributed by atoms with Gasteiger partial charge in [0.1, 0.15) is 0 Å². The van der Waals surface area contributed by atoms with E-state index in [1.807, 2.05) is 24.3 Å². The van der Waals surface area contributed by atoms with E-state index in [1.165, 1.54) is 16.6 Å². The molecule has 0 saturated heterocycles. The first-order chi connectivity index (χ1) is 8.08. The van der Waals surface area contributed by atoms with Gasteiger partial charge in [-0.25, -0.2) is 4.79 Å². The van der Waals surface area contributed by atoms with Gasteiger partial charge in [0.05, 0.1) is 11.9 Å². The average molecular weight is 231 g/mol. The number of carbonyl (C=O) groups is 1. The summed E-state index contributed by atoms with van der Waals surface area (Å²) in [7, 11) is 0. The molecule has 0 atom stereocenters. The van der Waals surface area contributed by atoms with E-state index in [-0.39, 0.29) is 5.69 Å². The van der Waals surface area contributed by atoms with Gasteiger partial charge in [-0.2, -0.15) is 9.90 Å². The van der Waals surface area contributed by atoms with Gasteiger partial charge < -0.3 is 5.11 Å². The number of hydrogen-bond acceptors (Lipinski definition) is 3. The van der Waals surface area contributed by atoms with Crippen molar-refractivity contribution in [2.45, 2.75) is 19.8 Å². The molecule has 0 fully saturated rings. The van der Waals surface area contributed by atoms with Crippen molar-refractivity contribution < 1.29 is 9.90 Å². The molecule has 2 rings (SSSR count). The zero-order valence-corrected chi connectivity index (χ0v) is 9.66. The lowest BCUT2D eigenvalue weighted by atomic mass is 10.0. The van der Waals surface area contributed by atoms with Gasteiger partial charge in [-0.15, -0.1) is 5.10 Å². The monoisotopic (exact) mass is 231 g/mol. The molecule has 2 aromatic rings. The van der Waals surface area contributed by atoms with E-state index in [0.29, 0.717) is 5.92 Å². The molecule has 0 amide bonds. The summed E-state index contributed by atoms with van der Waals surface area (Å²) in [4.78, 5) is 12.0. The van der Waals surface area contributed by atoms with E-state index < -0.39 is 5.97 Å². The summed E-state index contributed by atoms with van der Waals surface area (Å²) in [6.45, 7) is 4.23. The number of nitrogens with zero attached hydrogens (tertiary/aromatic N) is 3. The van der Waals surface area contributed by atoms with E-state index in [9.17, 15) is 4.79 Å². The summed E-state index contributed by atoms with van der Waals surface area (Å²) in [5, 5.41) is 16.5. The van der Waals surface area contributed by atoms with Crippen LogP contribution in [-0.2, 0) is 0 Å². The normalized spacial score (nSPS) is 10.8. The van der Waals surface area contributed by atoms with Crippen LogP contribution < -0.4 is 0 Å². The molecule has 5 nitrogen and oxygen atoms in total. The summed E-state index contributed by atoms with van der Waals surface area (Å²) >= 11 is 0. The second-order valence-electron chi connectivity index (χ2n) is 4.07. The first-order valence-corrected chi connectivity index (χ1v) is 5.34. The molecule has 5 heteroatoms. The molecule has 1 aromatic heterocycles. The van der Waals surface area contributed by atoms with Crippen molar-refractivity contribution in [3.8, 4) is 5.69 Å². The number of benzene rings is 1. The summed E-state index contributed by atoms with van der Waals surface area (Å²) in [5.41, 5.74) is 1.92. The van der Waals surface area contributed by atoms with Gasteiger partial charge >= 0.3 is 5.97 Å². The Morgan fingerprint density at radius 3 is 2.41 bits per heavy atom. The maximum Gasteiger partial charge on any atom is 0.358 e. The fourth-order valence-electron chi connectivity index (χ4n) is 1.48. The second kappa shape index (κ2) is 4.37. The fourth-order valence-corrected chi connectivity index (χ4v) is 1.48. The lowest BCUT2D eigenvalue weighted by Crippen LogP contribution is -2.02. The smallest absolute Gasteiger partial charge is 0.358 e. The fraction of sp³-hybridized carbons (Fsp3) is 0.250. The highest BCUT2D eigenvalue weighted by Crippen LogP contribution is 2.15. The highest BCUT2D eigenvalue weighted by molar-refractivity contribution is 5.84. The maximum absolute atomic E-state index is 10.7. The third-order valence-corrected chi connectivity index (χ3v) is 2.50. The van der Waals surface area contributed by atoms with Crippen molar-refractivity contribution in [3.63, 3.8) is 0 Å². The van der Waals surface area contributed by atoms with Crippen LogP contribution in [0, 0.1) is 0 Å². The third-order valence-electron chi connectivity index (χ3n) is 2.50. The number of carboxylic acid groups (broad SMARTS) is 1. The molecule has 0 unspecified atom stereocenters. The van der Waals surface area contributed by atoms with Crippen LogP contribution in [0.25, 0.3) is 5.69 Å². The molecule has 0 spiro atoms. The molecule has 17 heavy (non-hydrogen) atoms.